The van der Waals surface area contributed by atoms with Gasteiger partial charge in [0.15, 0.2) is 15.7 Å². The van der Waals surface area contributed by atoms with Crippen LogP contribution < -0.4 is 15.5 Å². The molecular formula is C20H29N7O4S. The minimum Gasteiger partial charge on any atom is -0.377 e. The van der Waals surface area contributed by atoms with Gasteiger partial charge in [-0.15, -0.1) is 0 Å². The Morgan fingerprint density at radius 3 is 2.56 bits per heavy atom. The van der Waals surface area contributed by atoms with Crippen molar-refractivity contribution in [2.24, 2.45) is 0 Å². The molecule has 0 saturated carbocycles. The van der Waals surface area contributed by atoms with Crippen molar-refractivity contribution >= 4 is 27.6 Å². The lowest BCUT2D eigenvalue weighted by Crippen LogP contribution is -2.44. The number of aromatic nitrogens is 4. The van der Waals surface area contributed by atoms with E-state index in [4.69, 9.17) is 4.74 Å². The molecule has 3 heterocycles. The Kier molecular flexibility index (Phi) is 6.94. The normalized spacial score (nSPS) is 17.2. The van der Waals surface area contributed by atoms with Crippen molar-refractivity contribution in [2.45, 2.75) is 38.5 Å². The van der Waals surface area contributed by atoms with Gasteiger partial charge in [-0.25, -0.2) is 33.1 Å². The summed E-state index contributed by atoms with van der Waals surface area (Å²) in [7, 11) is -3.46. The molecule has 1 fully saturated rings. The average Bonchev–Trinajstić information content (AvgIpc) is 2.73. The van der Waals surface area contributed by atoms with E-state index in [9.17, 15) is 13.2 Å². The van der Waals surface area contributed by atoms with E-state index in [0.29, 0.717) is 49.2 Å². The van der Waals surface area contributed by atoms with E-state index in [-0.39, 0.29) is 12.0 Å². The second-order valence-electron chi connectivity index (χ2n) is 8.11. The fourth-order valence-corrected chi connectivity index (χ4v) is 3.58. The lowest BCUT2D eigenvalue weighted by molar-refractivity contribution is 0.0985. The quantitative estimate of drug-likeness (QED) is 0.653. The zero-order valence-corrected chi connectivity index (χ0v) is 19.7. The van der Waals surface area contributed by atoms with Crippen LogP contribution in [0.5, 0.6) is 0 Å². The van der Waals surface area contributed by atoms with E-state index in [1.54, 1.807) is 26.8 Å². The number of carbonyl (C=O) groups excluding carboxylic acids is 1. The molecule has 2 N–H and O–H groups in total. The third-order valence-electron chi connectivity index (χ3n) is 5.39. The van der Waals surface area contributed by atoms with Crippen molar-refractivity contribution in [1.29, 1.82) is 0 Å². The Hall–Kier alpha value is -2.86. The summed E-state index contributed by atoms with van der Waals surface area (Å²) in [5.74, 6) is 1.05. The molecule has 1 aliphatic heterocycles. The Labute approximate surface area is 188 Å². The van der Waals surface area contributed by atoms with Crippen molar-refractivity contribution < 1.29 is 17.9 Å². The van der Waals surface area contributed by atoms with Crippen LogP contribution in [-0.2, 0) is 19.3 Å². The standard InChI is InChI=1S/C20H29N7O4S/c1-6-21-19(28)26-18-22-10-14(11-23-18)17-24-15(20(3,4)32(5,29)30)9-16(25-17)27-7-8-31-12-13(27)2/h9-11,13H,6-8,12H2,1-5H3,(H2,21,22,23,26,28)/t13-/m0/s1. The molecule has 32 heavy (non-hydrogen) atoms. The first-order valence-corrected chi connectivity index (χ1v) is 12.2. The first-order chi connectivity index (χ1) is 15.0. The lowest BCUT2D eigenvalue weighted by Gasteiger charge is -2.35. The van der Waals surface area contributed by atoms with Gasteiger partial charge >= 0.3 is 6.03 Å². The minimum atomic E-state index is -3.46. The minimum absolute atomic E-state index is 0.0700. The fraction of sp³-hybridized carbons (Fsp3) is 0.550. The van der Waals surface area contributed by atoms with Gasteiger partial charge in [-0.3, -0.25) is 5.32 Å². The Morgan fingerprint density at radius 1 is 1.28 bits per heavy atom. The molecule has 174 valence electrons. The van der Waals surface area contributed by atoms with Gasteiger partial charge in [0.1, 0.15) is 10.6 Å². The number of amides is 2. The summed E-state index contributed by atoms with van der Waals surface area (Å²) in [5, 5.41) is 5.13. The fourth-order valence-electron chi connectivity index (χ4n) is 3.09. The van der Waals surface area contributed by atoms with Crippen LogP contribution in [0.3, 0.4) is 0 Å². The van der Waals surface area contributed by atoms with Gasteiger partial charge in [0.05, 0.1) is 30.5 Å². The number of nitrogens with zero attached hydrogens (tertiary/aromatic N) is 5. The van der Waals surface area contributed by atoms with E-state index in [1.807, 2.05) is 6.92 Å². The summed E-state index contributed by atoms with van der Waals surface area (Å²) in [6, 6.07) is 1.38. The van der Waals surface area contributed by atoms with Crippen LogP contribution >= 0.6 is 0 Å². The summed E-state index contributed by atoms with van der Waals surface area (Å²) < 4.78 is 29.3. The maximum Gasteiger partial charge on any atom is 0.321 e. The topological polar surface area (TPSA) is 139 Å². The van der Waals surface area contributed by atoms with Gasteiger partial charge in [-0.1, -0.05) is 0 Å². The van der Waals surface area contributed by atoms with E-state index in [1.165, 1.54) is 18.6 Å². The Morgan fingerprint density at radius 2 is 1.97 bits per heavy atom. The summed E-state index contributed by atoms with van der Waals surface area (Å²) in [6.07, 6.45) is 4.18. The molecule has 12 heteroatoms. The van der Waals surface area contributed by atoms with Crippen LogP contribution in [0, 0.1) is 0 Å². The summed E-state index contributed by atoms with van der Waals surface area (Å²) in [4.78, 5) is 31.3. The highest BCUT2D eigenvalue weighted by Crippen LogP contribution is 2.32. The first-order valence-electron chi connectivity index (χ1n) is 10.3. The molecule has 2 aromatic heterocycles. The summed E-state index contributed by atoms with van der Waals surface area (Å²) in [5.41, 5.74) is 0.878. The molecule has 2 amide bonds. The molecule has 1 saturated heterocycles. The number of urea groups is 1. The van der Waals surface area contributed by atoms with Crippen molar-refractivity contribution in [3.05, 3.63) is 24.2 Å². The van der Waals surface area contributed by atoms with Gasteiger partial charge in [0, 0.05) is 37.8 Å². The van der Waals surface area contributed by atoms with Crippen LogP contribution in [-0.4, -0.2) is 73.0 Å². The third kappa shape index (κ3) is 5.13. The van der Waals surface area contributed by atoms with Crippen LogP contribution in [0.2, 0.25) is 0 Å². The van der Waals surface area contributed by atoms with E-state index in [2.05, 4.69) is 35.5 Å². The zero-order valence-electron chi connectivity index (χ0n) is 18.9. The number of sulfone groups is 1. The maximum absolute atomic E-state index is 12.5. The molecular weight excluding hydrogens is 434 g/mol. The van der Waals surface area contributed by atoms with E-state index in [0.717, 1.165) is 0 Å². The molecule has 0 aromatic carbocycles. The van der Waals surface area contributed by atoms with Gasteiger partial charge in [0.2, 0.25) is 5.95 Å². The molecule has 0 unspecified atom stereocenters. The number of nitrogens with one attached hydrogen (secondary N) is 2. The second kappa shape index (κ2) is 9.33. The van der Waals surface area contributed by atoms with Crippen LogP contribution in [0.15, 0.2) is 18.5 Å². The first kappa shape index (κ1) is 23.8. The average molecular weight is 464 g/mol. The number of rotatable bonds is 6. The van der Waals surface area contributed by atoms with Gasteiger partial charge in [0.25, 0.3) is 0 Å². The molecule has 0 radical (unpaired) electrons. The number of carbonyl (C=O) groups is 1. The molecule has 0 bridgehead atoms. The largest absolute Gasteiger partial charge is 0.377 e. The van der Waals surface area contributed by atoms with Crippen molar-refractivity contribution in [3.63, 3.8) is 0 Å². The lowest BCUT2D eigenvalue weighted by atomic mass is 10.1. The molecule has 1 aliphatic rings. The van der Waals surface area contributed by atoms with E-state index < -0.39 is 20.6 Å². The smallest absolute Gasteiger partial charge is 0.321 e. The van der Waals surface area contributed by atoms with E-state index >= 15 is 0 Å². The summed E-state index contributed by atoms with van der Waals surface area (Å²) >= 11 is 0. The number of hydrogen-bond donors (Lipinski definition) is 2. The van der Waals surface area contributed by atoms with Crippen molar-refractivity contribution in [1.82, 2.24) is 25.3 Å². The molecule has 1 atom stereocenters. The molecule has 2 aromatic rings. The highest BCUT2D eigenvalue weighted by atomic mass is 32.2. The molecule has 11 nitrogen and oxygen atoms in total. The van der Waals surface area contributed by atoms with Crippen LogP contribution in [0.25, 0.3) is 11.4 Å². The highest BCUT2D eigenvalue weighted by Gasteiger charge is 2.35. The highest BCUT2D eigenvalue weighted by molar-refractivity contribution is 7.91. The van der Waals surface area contributed by atoms with Crippen molar-refractivity contribution in [2.75, 3.05) is 42.8 Å². The van der Waals surface area contributed by atoms with Gasteiger partial charge in [-0.05, 0) is 27.7 Å². The molecule has 0 spiro atoms. The number of morpholine rings is 1. The molecule has 0 aliphatic carbocycles. The van der Waals surface area contributed by atoms with Crippen molar-refractivity contribution in [3.8, 4) is 11.4 Å². The van der Waals surface area contributed by atoms with Gasteiger partial charge in [-0.2, -0.15) is 0 Å². The Balaban J connectivity index is 2.04. The predicted octanol–water partition coefficient (Wildman–Crippen LogP) is 1.58. The Bertz CT molecular complexity index is 1070. The second-order valence-corrected chi connectivity index (χ2v) is 10.7. The number of ether oxygens (including phenoxy) is 1. The SMILES string of the molecule is CCNC(=O)Nc1ncc(-c2nc(N3CCOC[C@@H]3C)cc(C(C)(C)S(C)(=O)=O)n2)cn1. The predicted molar refractivity (Wildman–Crippen MR) is 121 cm³/mol. The number of anilines is 2. The van der Waals surface area contributed by atoms with Gasteiger partial charge < -0.3 is 15.0 Å². The zero-order chi connectivity index (χ0) is 23.5. The van der Waals surface area contributed by atoms with Crippen LogP contribution in [0.1, 0.15) is 33.4 Å². The molecule has 3 rings (SSSR count). The number of hydrogen-bond acceptors (Lipinski definition) is 9. The monoisotopic (exact) mass is 463 g/mol. The summed E-state index contributed by atoms with van der Waals surface area (Å²) in [6.45, 7) is 9.27. The maximum atomic E-state index is 12.5. The van der Waals surface area contributed by atoms with Crippen LogP contribution in [0.4, 0.5) is 16.6 Å². The third-order valence-corrected chi connectivity index (χ3v) is 7.45.